The van der Waals surface area contributed by atoms with E-state index in [9.17, 15) is 10.2 Å². The topological polar surface area (TPSA) is 65.0 Å². The molecule has 0 bridgehead atoms. The van der Waals surface area contributed by atoms with Crippen LogP contribution in [0.5, 0.6) is 11.5 Å². The van der Waals surface area contributed by atoms with Crippen LogP contribution < -0.4 is 15.0 Å². The first-order chi connectivity index (χ1) is 9.11. The Morgan fingerprint density at radius 2 is 2.05 bits per heavy atom. The molecule has 0 amide bonds. The molecule has 0 aromatic heterocycles. The summed E-state index contributed by atoms with van der Waals surface area (Å²) >= 11 is 0. The molecule has 5 nitrogen and oxygen atoms in total. The van der Waals surface area contributed by atoms with Gasteiger partial charge in [0.15, 0.2) is 0 Å². The highest BCUT2D eigenvalue weighted by atomic mass is 16.5. The summed E-state index contributed by atoms with van der Waals surface area (Å²) < 4.78 is 5.42. The van der Waals surface area contributed by atoms with Crippen molar-refractivity contribution in [3.8, 4) is 11.5 Å². The Balaban J connectivity index is 2.30. The molecule has 1 fully saturated rings. The third kappa shape index (κ3) is 3.30. The van der Waals surface area contributed by atoms with Gasteiger partial charge in [-0.1, -0.05) is 0 Å². The molecule has 0 spiro atoms. The molecule has 0 aliphatic carbocycles. The summed E-state index contributed by atoms with van der Waals surface area (Å²) in [4.78, 5) is 2.20. The number of phenolic OH excluding ortho intramolecular Hbond substituents is 1. The summed E-state index contributed by atoms with van der Waals surface area (Å²) in [6, 6.07) is 3.56. The zero-order chi connectivity index (χ0) is 13.8. The van der Waals surface area contributed by atoms with Gasteiger partial charge in [0.2, 0.25) is 0 Å². The van der Waals surface area contributed by atoms with Gasteiger partial charge in [-0.2, -0.15) is 0 Å². The van der Waals surface area contributed by atoms with Gasteiger partial charge in [0, 0.05) is 44.2 Å². The van der Waals surface area contributed by atoms with Gasteiger partial charge in [-0.15, -0.1) is 0 Å². The number of anilines is 1. The number of aromatic hydroxyl groups is 1. The van der Waals surface area contributed by atoms with E-state index in [1.54, 1.807) is 20.1 Å². The average Bonchev–Trinajstić information content (AvgIpc) is 2.41. The fourth-order valence-electron chi connectivity index (χ4n) is 2.40. The van der Waals surface area contributed by atoms with Crippen LogP contribution in [-0.2, 0) is 6.42 Å². The number of hydrogen-bond acceptors (Lipinski definition) is 5. The first-order valence-electron chi connectivity index (χ1n) is 6.65. The number of methoxy groups -OCH3 is 1. The number of aliphatic hydroxyl groups is 1. The van der Waals surface area contributed by atoms with Crippen molar-refractivity contribution < 1.29 is 14.9 Å². The standard InChI is InChI=1S/C14H22N2O3/c1-10(17)7-11-8-14(19-2)12(9-13(11)18)16-5-3-15-4-6-16/h8-10,15,17-18H,3-7H2,1-2H3. The largest absolute Gasteiger partial charge is 0.508 e. The van der Waals surface area contributed by atoms with E-state index in [1.165, 1.54) is 0 Å². The van der Waals surface area contributed by atoms with Crippen LogP contribution in [0.25, 0.3) is 0 Å². The fourth-order valence-corrected chi connectivity index (χ4v) is 2.40. The van der Waals surface area contributed by atoms with Crippen molar-refractivity contribution in [2.24, 2.45) is 0 Å². The molecule has 1 saturated heterocycles. The van der Waals surface area contributed by atoms with E-state index in [-0.39, 0.29) is 5.75 Å². The second-order valence-corrected chi connectivity index (χ2v) is 4.94. The second kappa shape index (κ2) is 6.12. The Morgan fingerprint density at radius 3 is 2.63 bits per heavy atom. The molecule has 19 heavy (non-hydrogen) atoms. The molecule has 2 rings (SSSR count). The van der Waals surface area contributed by atoms with Crippen molar-refractivity contribution >= 4 is 5.69 Å². The monoisotopic (exact) mass is 266 g/mol. The lowest BCUT2D eigenvalue weighted by Gasteiger charge is -2.31. The summed E-state index contributed by atoms with van der Waals surface area (Å²) in [6.07, 6.45) is -0.0649. The van der Waals surface area contributed by atoms with E-state index in [4.69, 9.17) is 4.74 Å². The fraction of sp³-hybridized carbons (Fsp3) is 0.571. The molecule has 106 valence electrons. The second-order valence-electron chi connectivity index (χ2n) is 4.94. The van der Waals surface area contributed by atoms with Crippen LogP contribution in [0.1, 0.15) is 12.5 Å². The molecule has 3 N–H and O–H groups in total. The Kier molecular flexibility index (Phi) is 4.50. The van der Waals surface area contributed by atoms with Crippen LogP contribution in [-0.4, -0.2) is 49.6 Å². The minimum absolute atomic E-state index is 0.218. The molecular formula is C14H22N2O3. The average molecular weight is 266 g/mol. The molecule has 0 radical (unpaired) electrons. The molecule has 5 heteroatoms. The van der Waals surface area contributed by atoms with E-state index in [1.807, 2.05) is 6.07 Å². The SMILES string of the molecule is COc1cc(CC(C)O)c(O)cc1N1CCNCC1. The van der Waals surface area contributed by atoms with Gasteiger partial charge in [-0.25, -0.2) is 0 Å². The highest BCUT2D eigenvalue weighted by Gasteiger charge is 2.18. The van der Waals surface area contributed by atoms with Crippen LogP contribution in [0.2, 0.25) is 0 Å². The Labute approximate surface area is 113 Å². The number of aliphatic hydroxyl groups excluding tert-OH is 1. The van der Waals surface area contributed by atoms with Crippen LogP contribution in [0.15, 0.2) is 12.1 Å². The van der Waals surface area contributed by atoms with Crippen LogP contribution in [0.4, 0.5) is 5.69 Å². The highest BCUT2D eigenvalue weighted by molar-refractivity contribution is 5.64. The number of nitrogens with zero attached hydrogens (tertiary/aromatic N) is 1. The lowest BCUT2D eigenvalue weighted by molar-refractivity contribution is 0.194. The number of phenols is 1. The van der Waals surface area contributed by atoms with E-state index < -0.39 is 6.10 Å². The van der Waals surface area contributed by atoms with E-state index in [2.05, 4.69) is 10.2 Å². The summed E-state index contributed by atoms with van der Waals surface area (Å²) in [6.45, 7) is 5.35. The van der Waals surface area contributed by atoms with Crippen molar-refractivity contribution in [3.05, 3.63) is 17.7 Å². The quantitative estimate of drug-likeness (QED) is 0.750. The number of nitrogens with one attached hydrogen (secondary N) is 1. The van der Waals surface area contributed by atoms with Crippen LogP contribution in [0.3, 0.4) is 0 Å². The highest BCUT2D eigenvalue weighted by Crippen LogP contribution is 2.35. The summed E-state index contributed by atoms with van der Waals surface area (Å²) in [5, 5.41) is 22.8. The lowest BCUT2D eigenvalue weighted by atomic mass is 10.1. The first kappa shape index (κ1) is 14.0. The number of benzene rings is 1. The van der Waals surface area contributed by atoms with Gasteiger partial charge < -0.3 is 25.2 Å². The number of rotatable bonds is 4. The smallest absolute Gasteiger partial charge is 0.142 e. The maximum absolute atomic E-state index is 10.1. The first-order valence-corrected chi connectivity index (χ1v) is 6.65. The number of piperazine rings is 1. The zero-order valence-corrected chi connectivity index (χ0v) is 11.5. The van der Waals surface area contributed by atoms with Crippen molar-refractivity contribution in [1.29, 1.82) is 0 Å². The van der Waals surface area contributed by atoms with Crippen LogP contribution >= 0.6 is 0 Å². The van der Waals surface area contributed by atoms with E-state index >= 15 is 0 Å². The molecule has 1 aromatic rings. The summed E-state index contributed by atoms with van der Waals surface area (Å²) in [5.41, 5.74) is 1.63. The van der Waals surface area contributed by atoms with Crippen LogP contribution in [0, 0.1) is 0 Å². The number of hydrogen-bond donors (Lipinski definition) is 3. The molecule has 1 aliphatic heterocycles. The predicted molar refractivity (Wildman–Crippen MR) is 75.1 cm³/mol. The lowest BCUT2D eigenvalue weighted by Crippen LogP contribution is -2.43. The molecule has 1 heterocycles. The summed E-state index contributed by atoms with van der Waals surface area (Å²) in [7, 11) is 1.63. The van der Waals surface area contributed by atoms with Crippen molar-refractivity contribution in [3.63, 3.8) is 0 Å². The molecular weight excluding hydrogens is 244 g/mol. The Morgan fingerprint density at radius 1 is 1.37 bits per heavy atom. The van der Waals surface area contributed by atoms with Gasteiger partial charge in [0.25, 0.3) is 0 Å². The Bertz CT molecular complexity index is 429. The maximum Gasteiger partial charge on any atom is 0.142 e. The van der Waals surface area contributed by atoms with Crippen molar-refractivity contribution in [2.75, 3.05) is 38.2 Å². The molecule has 1 aliphatic rings. The van der Waals surface area contributed by atoms with Gasteiger partial charge >= 0.3 is 0 Å². The normalized spacial score (nSPS) is 17.3. The third-order valence-electron chi connectivity index (χ3n) is 3.35. The minimum atomic E-state index is -0.486. The van der Waals surface area contributed by atoms with Gasteiger partial charge in [-0.05, 0) is 13.0 Å². The molecule has 1 aromatic carbocycles. The maximum atomic E-state index is 10.1. The molecule has 1 atom stereocenters. The predicted octanol–water partition coefficient (Wildman–Crippen LogP) is 0.734. The van der Waals surface area contributed by atoms with Crippen molar-refractivity contribution in [2.45, 2.75) is 19.4 Å². The van der Waals surface area contributed by atoms with Gasteiger partial charge in [0.05, 0.1) is 18.9 Å². The minimum Gasteiger partial charge on any atom is -0.508 e. The van der Waals surface area contributed by atoms with E-state index in [0.29, 0.717) is 12.0 Å². The molecule has 0 saturated carbocycles. The van der Waals surface area contributed by atoms with Gasteiger partial charge in [0.1, 0.15) is 11.5 Å². The van der Waals surface area contributed by atoms with Gasteiger partial charge in [-0.3, -0.25) is 0 Å². The molecule has 1 unspecified atom stereocenters. The Hall–Kier alpha value is -1.46. The summed E-state index contributed by atoms with van der Waals surface area (Å²) in [5.74, 6) is 0.964. The third-order valence-corrected chi connectivity index (χ3v) is 3.35. The zero-order valence-electron chi connectivity index (χ0n) is 11.5. The van der Waals surface area contributed by atoms with Crippen molar-refractivity contribution in [1.82, 2.24) is 5.32 Å². The van der Waals surface area contributed by atoms with E-state index in [0.717, 1.165) is 37.6 Å². The number of ether oxygens (including phenoxy) is 1.